The molecule has 0 radical (unpaired) electrons. The standard InChI is InChI=1S/C8H9NOS/c1-9-4-2-8(10)7-3-5-11-6-7/h2-6,9H,1H3. The van der Waals surface area contributed by atoms with E-state index in [9.17, 15) is 4.79 Å². The van der Waals surface area contributed by atoms with E-state index in [2.05, 4.69) is 5.32 Å². The maximum Gasteiger partial charge on any atom is 0.188 e. The Morgan fingerprint density at radius 2 is 2.55 bits per heavy atom. The molecule has 0 saturated heterocycles. The minimum Gasteiger partial charge on any atom is -0.394 e. The lowest BCUT2D eigenvalue weighted by molar-refractivity contribution is 0.104. The van der Waals surface area contributed by atoms with E-state index in [0.717, 1.165) is 5.56 Å². The van der Waals surface area contributed by atoms with Gasteiger partial charge in [0.05, 0.1) is 0 Å². The first-order valence-corrected chi connectivity index (χ1v) is 4.19. The van der Waals surface area contributed by atoms with Gasteiger partial charge in [-0.1, -0.05) is 0 Å². The minimum atomic E-state index is 0.0422. The Balaban J connectivity index is 2.64. The maximum atomic E-state index is 11.1. The molecule has 0 spiro atoms. The van der Waals surface area contributed by atoms with Crippen LogP contribution in [0.3, 0.4) is 0 Å². The molecule has 0 unspecified atom stereocenters. The largest absolute Gasteiger partial charge is 0.394 e. The molecule has 0 aliphatic heterocycles. The topological polar surface area (TPSA) is 29.1 Å². The Morgan fingerprint density at radius 1 is 1.73 bits per heavy atom. The molecule has 0 aliphatic rings. The molecular formula is C8H9NOS. The van der Waals surface area contributed by atoms with Gasteiger partial charge in [0.25, 0.3) is 0 Å². The quantitative estimate of drug-likeness (QED) is 0.548. The Morgan fingerprint density at radius 3 is 3.09 bits per heavy atom. The molecule has 3 heteroatoms. The summed E-state index contributed by atoms with van der Waals surface area (Å²) in [6.07, 6.45) is 3.14. The van der Waals surface area contributed by atoms with Crippen LogP contribution in [0.5, 0.6) is 0 Å². The maximum absolute atomic E-state index is 11.1. The molecular weight excluding hydrogens is 158 g/mol. The molecule has 0 aliphatic carbocycles. The van der Waals surface area contributed by atoms with Crippen LogP contribution in [0, 0.1) is 0 Å². The number of hydrogen-bond acceptors (Lipinski definition) is 3. The van der Waals surface area contributed by atoms with Crippen LogP contribution < -0.4 is 5.32 Å². The molecule has 1 N–H and O–H groups in total. The molecule has 1 rings (SSSR count). The van der Waals surface area contributed by atoms with Crippen LogP contribution in [0.4, 0.5) is 0 Å². The average molecular weight is 167 g/mol. The van der Waals surface area contributed by atoms with E-state index in [-0.39, 0.29) is 5.78 Å². The first-order chi connectivity index (χ1) is 5.34. The van der Waals surface area contributed by atoms with Crippen molar-refractivity contribution in [2.75, 3.05) is 7.05 Å². The summed E-state index contributed by atoms with van der Waals surface area (Å²) in [6, 6.07) is 1.81. The van der Waals surface area contributed by atoms with E-state index in [1.54, 1.807) is 13.2 Å². The third kappa shape index (κ3) is 2.20. The lowest BCUT2D eigenvalue weighted by Crippen LogP contribution is -1.96. The number of ketones is 1. The number of allylic oxidation sites excluding steroid dienone is 1. The van der Waals surface area contributed by atoms with E-state index in [1.165, 1.54) is 17.4 Å². The van der Waals surface area contributed by atoms with E-state index >= 15 is 0 Å². The van der Waals surface area contributed by atoms with Crippen molar-refractivity contribution in [1.82, 2.24) is 5.32 Å². The number of nitrogens with one attached hydrogen (secondary N) is 1. The first-order valence-electron chi connectivity index (χ1n) is 3.25. The van der Waals surface area contributed by atoms with Crippen LogP contribution in [0.25, 0.3) is 0 Å². The average Bonchev–Trinajstić information content (AvgIpc) is 2.52. The second-order valence-corrected chi connectivity index (χ2v) is 2.78. The zero-order chi connectivity index (χ0) is 8.10. The molecule has 1 aromatic rings. The second-order valence-electron chi connectivity index (χ2n) is 2.00. The van der Waals surface area contributed by atoms with Gasteiger partial charge in [0, 0.05) is 30.3 Å². The molecule has 0 bridgehead atoms. The van der Waals surface area contributed by atoms with Crippen molar-refractivity contribution in [2.24, 2.45) is 0 Å². The van der Waals surface area contributed by atoms with E-state index in [1.807, 2.05) is 16.8 Å². The number of hydrogen-bond donors (Lipinski definition) is 1. The number of carbonyl (C=O) groups is 1. The molecule has 0 amide bonds. The summed E-state index contributed by atoms with van der Waals surface area (Å²) >= 11 is 1.53. The predicted molar refractivity (Wildman–Crippen MR) is 46.8 cm³/mol. The van der Waals surface area contributed by atoms with Gasteiger partial charge in [-0.05, 0) is 11.4 Å². The summed E-state index contributed by atoms with van der Waals surface area (Å²) in [5.74, 6) is 0.0422. The summed E-state index contributed by atoms with van der Waals surface area (Å²) in [5.41, 5.74) is 0.751. The van der Waals surface area contributed by atoms with Crippen LogP contribution in [-0.4, -0.2) is 12.8 Å². The monoisotopic (exact) mass is 167 g/mol. The summed E-state index contributed by atoms with van der Waals surface area (Å²) < 4.78 is 0. The van der Waals surface area contributed by atoms with Gasteiger partial charge in [0.1, 0.15) is 0 Å². The minimum absolute atomic E-state index is 0.0422. The Hall–Kier alpha value is -1.09. The van der Waals surface area contributed by atoms with Crippen molar-refractivity contribution in [1.29, 1.82) is 0 Å². The Bertz CT molecular complexity index is 251. The second kappa shape index (κ2) is 3.93. The highest BCUT2D eigenvalue weighted by Crippen LogP contribution is 2.06. The van der Waals surface area contributed by atoms with Gasteiger partial charge >= 0.3 is 0 Å². The number of carbonyl (C=O) groups excluding carboxylic acids is 1. The number of thiophene rings is 1. The zero-order valence-corrected chi connectivity index (χ0v) is 7.02. The molecule has 1 aromatic heterocycles. The van der Waals surface area contributed by atoms with Crippen LogP contribution in [-0.2, 0) is 0 Å². The van der Waals surface area contributed by atoms with E-state index < -0.39 is 0 Å². The van der Waals surface area contributed by atoms with Gasteiger partial charge in [-0.2, -0.15) is 11.3 Å². The Labute approximate surface area is 69.6 Å². The molecule has 0 fully saturated rings. The van der Waals surface area contributed by atoms with Crippen molar-refractivity contribution >= 4 is 17.1 Å². The zero-order valence-electron chi connectivity index (χ0n) is 6.20. The van der Waals surface area contributed by atoms with Gasteiger partial charge in [0.15, 0.2) is 5.78 Å². The summed E-state index contributed by atoms with van der Waals surface area (Å²) in [4.78, 5) is 11.1. The normalized spacial score (nSPS) is 10.3. The lowest BCUT2D eigenvalue weighted by atomic mass is 10.2. The summed E-state index contributed by atoms with van der Waals surface area (Å²) in [5, 5.41) is 6.49. The highest BCUT2D eigenvalue weighted by Gasteiger charge is 1.99. The molecule has 0 saturated carbocycles. The molecule has 1 heterocycles. The first kappa shape index (κ1) is 8.01. The van der Waals surface area contributed by atoms with Crippen molar-refractivity contribution in [3.8, 4) is 0 Å². The highest BCUT2D eigenvalue weighted by atomic mass is 32.1. The van der Waals surface area contributed by atoms with Crippen LogP contribution >= 0.6 is 11.3 Å². The fraction of sp³-hybridized carbons (Fsp3) is 0.125. The molecule has 0 aromatic carbocycles. The van der Waals surface area contributed by atoms with Crippen LogP contribution in [0.2, 0.25) is 0 Å². The third-order valence-corrected chi connectivity index (χ3v) is 1.89. The van der Waals surface area contributed by atoms with Gasteiger partial charge in [-0.15, -0.1) is 0 Å². The fourth-order valence-electron chi connectivity index (χ4n) is 0.660. The van der Waals surface area contributed by atoms with E-state index in [4.69, 9.17) is 0 Å². The van der Waals surface area contributed by atoms with Gasteiger partial charge in [-0.25, -0.2) is 0 Å². The highest BCUT2D eigenvalue weighted by molar-refractivity contribution is 7.08. The molecule has 58 valence electrons. The van der Waals surface area contributed by atoms with Crippen LogP contribution in [0.15, 0.2) is 29.1 Å². The SMILES string of the molecule is CNC=CC(=O)c1ccsc1. The summed E-state index contributed by atoms with van der Waals surface area (Å²) in [6.45, 7) is 0. The molecule has 2 nitrogen and oxygen atoms in total. The predicted octanol–water partition coefficient (Wildman–Crippen LogP) is 1.66. The summed E-state index contributed by atoms with van der Waals surface area (Å²) in [7, 11) is 1.76. The van der Waals surface area contributed by atoms with Crippen molar-refractivity contribution in [2.45, 2.75) is 0 Å². The smallest absolute Gasteiger partial charge is 0.188 e. The van der Waals surface area contributed by atoms with Gasteiger partial charge in [0.2, 0.25) is 0 Å². The fourth-order valence-corrected chi connectivity index (χ4v) is 1.30. The Kier molecular flexibility index (Phi) is 2.86. The van der Waals surface area contributed by atoms with Crippen molar-refractivity contribution < 1.29 is 4.79 Å². The van der Waals surface area contributed by atoms with Gasteiger partial charge < -0.3 is 5.32 Å². The molecule has 11 heavy (non-hydrogen) atoms. The number of rotatable bonds is 3. The van der Waals surface area contributed by atoms with E-state index in [0.29, 0.717) is 0 Å². The molecule has 0 atom stereocenters. The van der Waals surface area contributed by atoms with Gasteiger partial charge in [-0.3, -0.25) is 4.79 Å². The van der Waals surface area contributed by atoms with Crippen LogP contribution in [0.1, 0.15) is 10.4 Å². The lowest BCUT2D eigenvalue weighted by Gasteiger charge is -1.87. The van der Waals surface area contributed by atoms with Crippen molar-refractivity contribution in [3.05, 3.63) is 34.7 Å². The van der Waals surface area contributed by atoms with Crippen molar-refractivity contribution in [3.63, 3.8) is 0 Å². The third-order valence-electron chi connectivity index (χ3n) is 1.21.